The Hall–Kier alpha value is -1.06. The Morgan fingerprint density at radius 3 is 2.42 bits per heavy atom. The maximum Gasteiger partial charge on any atom is 0.118 e. The molecule has 3 heteroatoms. The van der Waals surface area contributed by atoms with Gasteiger partial charge < -0.3 is 15.0 Å². The molecule has 1 aromatic carbocycles. The van der Waals surface area contributed by atoms with Gasteiger partial charge in [0.1, 0.15) is 5.75 Å². The summed E-state index contributed by atoms with van der Waals surface area (Å²) in [5.41, 5.74) is 1.81. The van der Waals surface area contributed by atoms with Crippen LogP contribution in [0.15, 0.2) is 24.3 Å². The van der Waals surface area contributed by atoms with Crippen LogP contribution in [0.4, 0.5) is 0 Å². The Bertz CT molecular complexity index is 382. The van der Waals surface area contributed by atoms with Crippen LogP contribution in [0, 0.1) is 5.41 Å². The van der Waals surface area contributed by atoms with E-state index in [1.165, 1.54) is 24.9 Å². The summed E-state index contributed by atoms with van der Waals surface area (Å²) in [5, 5.41) is 3.44. The Labute approximate surface area is 116 Å². The lowest BCUT2D eigenvalue weighted by Gasteiger charge is -2.37. The van der Waals surface area contributed by atoms with Gasteiger partial charge >= 0.3 is 0 Å². The van der Waals surface area contributed by atoms with Gasteiger partial charge in [0.2, 0.25) is 0 Å². The lowest BCUT2D eigenvalue weighted by atomic mass is 9.80. The fourth-order valence-corrected chi connectivity index (χ4v) is 2.94. The van der Waals surface area contributed by atoms with Crippen LogP contribution in [-0.4, -0.2) is 38.7 Å². The van der Waals surface area contributed by atoms with Crippen molar-refractivity contribution in [3.63, 3.8) is 0 Å². The van der Waals surface area contributed by atoms with Crippen LogP contribution in [0.2, 0.25) is 0 Å². The molecule has 19 heavy (non-hydrogen) atoms. The summed E-state index contributed by atoms with van der Waals surface area (Å²) in [7, 11) is 3.93. The predicted molar refractivity (Wildman–Crippen MR) is 79.5 cm³/mol. The van der Waals surface area contributed by atoms with Crippen molar-refractivity contribution in [1.82, 2.24) is 10.2 Å². The van der Waals surface area contributed by atoms with E-state index < -0.39 is 0 Å². The van der Waals surface area contributed by atoms with Gasteiger partial charge in [-0.1, -0.05) is 19.1 Å². The minimum absolute atomic E-state index is 0.465. The molecule has 0 aromatic heterocycles. The van der Waals surface area contributed by atoms with Crippen LogP contribution in [-0.2, 0) is 6.54 Å². The third kappa shape index (κ3) is 4.22. The highest BCUT2D eigenvalue weighted by atomic mass is 16.5. The molecule has 0 bridgehead atoms. The second-order valence-electron chi connectivity index (χ2n) is 6.08. The quantitative estimate of drug-likeness (QED) is 0.882. The summed E-state index contributed by atoms with van der Waals surface area (Å²) in [5.74, 6) is 0.928. The molecule has 1 saturated heterocycles. The SMILES string of the molecule is COc1ccc(CN(C)CC2(C)CCNCC2)cc1. The van der Waals surface area contributed by atoms with Crippen LogP contribution in [0.25, 0.3) is 0 Å². The largest absolute Gasteiger partial charge is 0.497 e. The number of benzene rings is 1. The van der Waals surface area contributed by atoms with Crippen molar-refractivity contribution >= 4 is 0 Å². The second kappa shape index (κ2) is 6.40. The van der Waals surface area contributed by atoms with E-state index in [-0.39, 0.29) is 0 Å². The zero-order valence-electron chi connectivity index (χ0n) is 12.4. The van der Waals surface area contributed by atoms with E-state index in [0.717, 1.165) is 25.4 Å². The highest BCUT2D eigenvalue weighted by Gasteiger charge is 2.27. The van der Waals surface area contributed by atoms with E-state index in [0.29, 0.717) is 5.41 Å². The molecule has 1 fully saturated rings. The second-order valence-corrected chi connectivity index (χ2v) is 6.08. The van der Waals surface area contributed by atoms with Crippen molar-refractivity contribution in [1.29, 1.82) is 0 Å². The average Bonchev–Trinajstić information content (AvgIpc) is 2.39. The summed E-state index contributed by atoms with van der Waals surface area (Å²) in [6.07, 6.45) is 2.56. The van der Waals surface area contributed by atoms with Crippen LogP contribution >= 0.6 is 0 Å². The summed E-state index contributed by atoms with van der Waals surface area (Å²) in [6, 6.07) is 8.38. The van der Waals surface area contributed by atoms with Crippen LogP contribution in [0.5, 0.6) is 5.75 Å². The molecule has 0 aliphatic carbocycles. The summed E-state index contributed by atoms with van der Waals surface area (Å²) in [4.78, 5) is 2.44. The highest BCUT2D eigenvalue weighted by molar-refractivity contribution is 5.27. The van der Waals surface area contributed by atoms with Gasteiger partial charge in [-0.25, -0.2) is 0 Å². The molecule has 1 heterocycles. The van der Waals surface area contributed by atoms with Crippen LogP contribution in [0.3, 0.4) is 0 Å². The molecule has 1 aromatic rings. The van der Waals surface area contributed by atoms with Crippen molar-refractivity contribution in [2.24, 2.45) is 5.41 Å². The van der Waals surface area contributed by atoms with Gasteiger partial charge in [0.25, 0.3) is 0 Å². The summed E-state index contributed by atoms with van der Waals surface area (Å²) < 4.78 is 5.19. The maximum atomic E-state index is 5.19. The number of rotatable bonds is 5. The minimum atomic E-state index is 0.465. The zero-order chi connectivity index (χ0) is 13.7. The predicted octanol–water partition coefficient (Wildman–Crippen LogP) is 2.52. The van der Waals surface area contributed by atoms with E-state index in [9.17, 15) is 0 Å². The molecule has 0 spiro atoms. The molecule has 1 N–H and O–H groups in total. The van der Waals surface area contributed by atoms with E-state index in [1.807, 2.05) is 12.1 Å². The van der Waals surface area contributed by atoms with Crippen molar-refractivity contribution in [2.75, 3.05) is 33.8 Å². The summed E-state index contributed by atoms with van der Waals surface area (Å²) >= 11 is 0. The fourth-order valence-electron chi connectivity index (χ4n) is 2.94. The lowest BCUT2D eigenvalue weighted by molar-refractivity contribution is 0.143. The van der Waals surface area contributed by atoms with Crippen molar-refractivity contribution < 1.29 is 4.74 Å². The van der Waals surface area contributed by atoms with Gasteiger partial charge in [-0.2, -0.15) is 0 Å². The first-order valence-corrected chi connectivity index (χ1v) is 7.13. The van der Waals surface area contributed by atoms with E-state index in [1.54, 1.807) is 7.11 Å². The Morgan fingerprint density at radius 2 is 1.84 bits per heavy atom. The van der Waals surface area contributed by atoms with Crippen molar-refractivity contribution in [2.45, 2.75) is 26.3 Å². The number of nitrogens with one attached hydrogen (secondary N) is 1. The van der Waals surface area contributed by atoms with Gasteiger partial charge in [-0.3, -0.25) is 0 Å². The molecular weight excluding hydrogens is 236 g/mol. The monoisotopic (exact) mass is 262 g/mol. The number of ether oxygens (including phenoxy) is 1. The van der Waals surface area contributed by atoms with Gasteiger partial charge in [0, 0.05) is 13.1 Å². The topological polar surface area (TPSA) is 24.5 Å². The number of nitrogens with zero attached hydrogens (tertiary/aromatic N) is 1. The molecule has 0 unspecified atom stereocenters. The molecular formula is C16H26N2O. The molecule has 106 valence electrons. The molecule has 0 saturated carbocycles. The number of hydrogen-bond donors (Lipinski definition) is 1. The first kappa shape index (κ1) is 14.4. The third-order valence-electron chi connectivity index (χ3n) is 4.07. The van der Waals surface area contributed by atoms with Crippen LogP contribution in [0.1, 0.15) is 25.3 Å². The molecule has 2 rings (SSSR count). The van der Waals surface area contributed by atoms with Gasteiger partial charge in [-0.05, 0) is 56.1 Å². The fraction of sp³-hybridized carbons (Fsp3) is 0.625. The highest BCUT2D eigenvalue weighted by Crippen LogP contribution is 2.29. The summed E-state index contributed by atoms with van der Waals surface area (Å²) in [6.45, 7) is 6.91. The van der Waals surface area contributed by atoms with Crippen molar-refractivity contribution in [3.05, 3.63) is 29.8 Å². The molecule has 1 aliphatic rings. The molecule has 0 amide bonds. The normalized spacial score (nSPS) is 18.5. The Morgan fingerprint density at radius 1 is 1.21 bits per heavy atom. The molecule has 3 nitrogen and oxygen atoms in total. The first-order valence-electron chi connectivity index (χ1n) is 7.13. The third-order valence-corrected chi connectivity index (χ3v) is 4.07. The standard InChI is InChI=1S/C16H26N2O/c1-16(8-10-17-11-9-16)13-18(2)12-14-4-6-15(19-3)7-5-14/h4-7,17H,8-13H2,1-3H3. The van der Waals surface area contributed by atoms with Gasteiger partial charge in [-0.15, -0.1) is 0 Å². The number of piperidine rings is 1. The van der Waals surface area contributed by atoms with Gasteiger partial charge in [0.15, 0.2) is 0 Å². The molecule has 0 radical (unpaired) electrons. The van der Waals surface area contributed by atoms with Crippen molar-refractivity contribution in [3.8, 4) is 5.75 Å². The Kier molecular flexibility index (Phi) is 4.83. The lowest BCUT2D eigenvalue weighted by Crippen LogP contribution is -2.41. The molecule has 0 atom stereocenters. The number of methoxy groups -OCH3 is 1. The van der Waals surface area contributed by atoms with Crippen LogP contribution < -0.4 is 10.1 Å². The maximum absolute atomic E-state index is 5.19. The molecule has 1 aliphatic heterocycles. The van der Waals surface area contributed by atoms with Gasteiger partial charge in [0.05, 0.1) is 7.11 Å². The Balaban J connectivity index is 1.87. The zero-order valence-corrected chi connectivity index (χ0v) is 12.4. The van der Waals surface area contributed by atoms with E-state index in [2.05, 4.69) is 36.3 Å². The average molecular weight is 262 g/mol. The smallest absolute Gasteiger partial charge is 0.118 e. The number of hydrogen-bond acceptors (Lipinski definition) is 3. The van der Waals surface area contributed by atoms with E-state index >= 15 is 0 Å². The first-order chi connectivity index (χ1) is 9.11. The van der Waals surface area contributed by atoms with E-state index in [4.69, 9.17) is 4.74 Å². The minimum Gasteiger partial charge on any atom is -0.497 e.